The van der Waals surface area contributed by atoms with Crippen molar-refractivity contribution < 1.29 is 14.2 Å². The van der Waals surface area contributed by atoms with Crippen molar-refractivity contribution in [1.82, 2.24) is 15.1 Å². The first-order valence-corrected chi connectivity index (χ1v) is 9.89. The fourth-order valence-corrected chi connectivity index (χ4v) is 3.02. The molecule has 29 heavy (non-hydrogen) atoms. The van der Waals surface area contributed by atoms with E-state index in [0.717, 1.165) is 43.7 Å². The van der Waals surface area contributed by atoms with Gasteiger partial charge in [0.05, 0.1) is 11.2 Å². The number of halogens is 1. The van der Waals surface area contributed by atoms with E-state index in [2.05, 4.69) is 26.5 Å². The van der Waals surface area contributed by atoms with Crippen LogP contribution in [0, 0.1) is 0 Å². The molecule has 0 fully saturated rings. The summed E-state index contributed by atoms with van der Waals surface area (Å²) in [5, 5.41) is 9.34. The number of nitrogens with one attached hydrogen (secondary N) is 2. The number of nitrogens with zero attached hydrogens (tertiary/aromatic N) is 2. The highest BCUT2D eigenvalue weighted by Crippen LogP contribution is 2.25. The predicted octanol–water partition coefficient (Wildman–Crippen LogP) is 3.14. The Bertz CT molecular complexity index is 875. The van der Waals surface area contributed by atoms with Gasteiger partial charge in [-0.1, -0.05) is 29.8 Å². The second-order valence-electron chi connectivity index (χ2n) is 6.67. The normalized spacial score (nSPS) is 15.8. The van der Waals surface area contributed by atoms with Gasteiger partial charge in [0.25, 0.3) is 5.56 Å². The first-order valence-electron chi connectivity index (χ1n) is 9.51. The Balaban J connectivity index is 1.29. The zero-order chi connectivity index (χ0) is 20.5. The van der Waals surface area contributed by atoms with E-state index in [1.165, 1.54) is 12.5 Å². The van der Waals surface area contributed by atoms with Crippen molar-refractivity contribution in [3.63, 3.8) is 0 Å². The number of anilines is 1. The summed E-state index contributed by atoms with van der Waals surface area (Å²) < 4.78 is 16.7. The van der Waals surface area contributed by atoms with Gasteiger partial charge in [0.2, 0.25) is 0 Å². The molecule has 0 spiro atoms. The molecule has 8 nitrogen and oxygen atoms in total. The maximum absolute atomic E-state index is 11.6. The highest BCUT2D eigenvalue weighted by Gasteiger charge is 2.14. The largest absolute Gasteiger partial charge is 0.462 e. The number of hydrogen-bond acceptors (Lipinski definition) is 7. The van der Waals surface area contributed by atoms with Crippen LogP contribution in [0.1, 0.15) is 19.3 Å². The number of H-pyrrole nitrogens is 1. The van der Waals surface area contributed by atoms with Gasteiger partial charge in [-0.15, -0.1) is 0 Å². The first kappa shape index (κ1) is 21.0. The molecule has 1 aromatic heterocycles. The molecule has 2 aliphatic rings. The third-order valence-electron chi connectivity index (χ3n) is 4.44. The van der Waals surface area contributed by atoms with Gasteiger partial charge in [0.15, 0.2) is 12.0 Å². The molecule has 0 radical (unpaired) electrons. The van der Waals surface area contributed by atoms with E-state index in [-0.39, 0.29) is 5.56 Å². The quantitative estimate of drug-likeness (QED) is 0.562. The van der Waals surface area contributed by atoms with Gasteiger partial charge in [-0.2, -0.15) is 5.10 Å². The lowest BCUT2D eigenvalue weighted by atomic mass is 10.0. The number of allylic oxidation sites excluding steroid dienone is 4. The molecule has 9 heteroatoms. The summed E-state index contributed by atoms with van der Waals surface area (Å²) in [5.41, 5.74) is 1.14. The topological polar surface area (TPSA) is 88.7 Å². The van der Waals surface area contributed by atoms with Crippen LogP contribution in [-0.4, -0.2) is 48.4 Å². The van der Waals surface area contributed by atoms with Crippen LogP contribution in [-0.2, 0) is 14.2 Å². The average Bonchev–Trinajstić information content (AvgIpc) is 2.74. The number of hydrogen-bond donors (Lipinski definition) is 2. The Hall–Kier alpha value is -2.71. The molecule has 0 saturated carbocycles. The van der Waals surface area contributed by atoms with E-state index in [9.17, 15) is 4.79 Å². The zero-order valence-electron chi connectivity index (χ0n) is 16.3. The summed E-state index contributed by atoms with van der Waals surface area (Å²) in [6, 6.07) is 0. The third kappa shape index (κ3) is 6.40. The molecular formula is C20H25ClN4O4. The fourth-order valence-electron chi connectivity index (χ4n) is 2.82. The van der Waals surface area contributed by atoms with Gasteiger partial charge < -0.3 is 24.4 Å². The van der Waals surface area contributed by atoms with Gasteiger partial charge >= 0.3 is 5.95 Å². The molecule has 2 heterocycles. The molecule has 0 atom stereocenters. The van der Waals surface area contributed by atoms with Crippen LogP contribution in [0.5, 0.6) is 0 Å². The standard InChI is InChI=1S/C20H25ClN4O4/c1-25(9-5-8-22-19-16(21)12-23-24-20(19)26)10-11-27-18-14-28-17(13-29-18)15-6-3-2-4-7-15/h2-3,6,12-14H,4-5,7-11H2,1H3,(H,22,23)(H,24,26). The van der Waals surface area contributed by atoms with E-state index in [4.69, 9.17) is 25.8 Å². The zero-order valence-corrected chi connectivity index (χ0v) is 17.1. The summed E-state index contributed by atoms with van der Waals surface area (Å²) >= 11 is 5.96. The molecule has 2 N–H and O–H groups in total. The van der Waals surface area contributed by atoms with Crippen LogP contribution < -0.4 is 10.9 Å². The Kier molecular flexibility index (Phi) is 7.77. The molecule has 1 aliphatic heterocycles. The van der Waals surface area contributed by atoms with Crippen molar-refractivity contribution in [2.45, 2.75) is 19.3 Å². The van der Waals surface area contributed by atoms with Crippen molar-refractivity contribution >= 4 is 17.3 Å². The molecule has 1 aliphatic carbocycles. The first-order chi connectivity index (χ1) is 14.1. The minimum Gasteiger partial charge on any atom is -0.462 e. The van der Waals surface area contributed by atoms with Crippen LogP contribution in [0.4, 0.5) is 5.69 Å². The third-order valence-corrected chi connectivity index (χ3v) is 4.73. The Morgan fingerprint density at radius 2 is 2.24 bits per heavy atom. The Labute approximate surface area is 174 Å². The van der Waals surface area contributed by atoms with Crippen molar-refractivity contribution in [3.8, 4) is 0 Å². The minimum absolute atomic E-state index is 0.312. The smallest absolute Gasteiger partial charge is 0.321 e. The fraction of sp³-hybridized carbons (Fsp3) is 0.400. The summed E-state index contributed by atoms with van der Waals surface area (Å²) in [7, 11) is 2.00. The Morgan fingerprint density at radius 3 is 2.97 bits per heavy atom. The van der Waals surface area contributed by atoms with Crippen LogP contribution >= 0.6 is 11.6 Å². The number of likely N-dealkylation sites (N-methyl/N-ethyl adjacent to an activating group) is 1. The van der Waals surface area contributed by atoms with Crippen LogP contribution in [0.3, 0.4) is 0 Å². The SMILES string of the molecule is CN(CCCNc1c(Cl)cn[nH]c1=O)CCOC1=COC(C2=CC=CCC2)=CO1. The minimum atomic E-state index is -0.323. The van der Waals surface area contributed by atoms with Gasteiger partial charge in [-0.25, -0.2) is 5.10 Å². The van der Waals surface area contributed by atoms with Crippen LogP contribution in [0.15, 0.2) is 59.0 Å². The lowest BCUT2D eigenvalue weighted by Gasteiger charge is -2.20. The van der Waals surface area contributed by atoms with E-state index in [1.807, 2.05) is 19.2 Å². The molecule has 3 rings (SSSR count). The predicted molar refractivity (Wildman–Crippen MR) is 111 cm³/mol. The lowest BCUT2D eigenvalue weighted by Crippen LogP contribution is -2.26. The molecule has 156 valence electrons. The number of ether oxygens (including phenoxy) is 3. The molecule has 0 amide bonds. The number of aromatic amines is 1. The molecule has 0 saturated heterocycles. The van der Waals surface area contributed by atoms with Crippen LogP contribution in [0.25, 0.3) is 0 Å². The van der Waals surface area contributed by atoms with Crippen LogP contribution in [0.2, 0.25) is 5.02 Å². The lowest BCUT2D eigenvalue weighted by molar-refractivity contribution is 0.0444. The molecule has 0 bridgehead atoms. The monoisotopic (exact) mass is 420 g/mol. The molecular weight excluding hydrogens is 396 g/mol. The summed E-state index contributed by atoms with van der Waals surface area (Å²) in [6.45, 7) is 2.66. The van der Waals surface area contributed by atoms with Gasteiger partial charge in [-0.3, -0.25) is 4.79 Å². The maximum Gasteiger partial charge on any atom is 0.321 e. The van der Waals surface area contributed by atoms with Gasteiger partial charge in [0.1, 0.15) is 18.6 Å². The second kappa shape index (κ2) is 10.7. The number of rotatable bonds is 10. The molecule has 1 aromatic rings. The highest BCUT2D eigenvalue weighted by atomic mass is 35.5. The van der Waals surface area contributed by atoms with E-state index in [0.29, 0.717) is 29.8 Å². The van der Waals surface area contributed by atoms with Crippen molar-refractivity contribution in [1.29, 1.82) is 0 Å². The summed E-state index contributed by atoms with van der Waals surface area (Å²) in [6.07, 6.45) is 13.4. The van der Waals surface area contributed by atoms with E-state index >= 15 is 0 Å². The van der Waals surface area contributed by atoms with Crippen molar-refractivity contribution in [3.05, 3.63) is 69.6 Å². The second-order valence-corrected chi connectivity index (χ2v) is 7.07. The van der Waals surface area contributed by atoms with Gasteiger partial charge in [0, 0.05) is 13.1 Å². The Morgan fingerprint density at radius 1 is 1.34 bits per heavy atom. The summed E-state index contributed by atoms with van der Waals surface area (Å²) in [5.74, 6) is 1.07. The highest BCUT2D eigenvalue weighted by molar-refractivity contribution is 6.32. The van der Waals surface area contributed by atoms with Crippen molar-refractivity contribution in [2.24, 2.45) is 0 Å². The number of aromatic nitrogens is 2. The maximum atomic E-state index is 11.6. The van der Waals surface area contributed by atoms with E-state index < -0.39 is 0 Å². The van der Waals surface area contributed by atoms with Gasteiger partial charge in [-0.05, 0) is 38.4 Å². The average molecular weight is 421 g/mol. The van der Waals surface area contributed by atoms with Crippen molar-refractivity contribution in [2.75, 3.05) is 38.6 Å². The molecule has 0 aromatic carbocycles. The van der Waals surface area contributed by atoms with E-state index in [1.54, 1.807) is 6.26 Å². The molecule has 0 unspecified atom stereocenters. The summed E-state index contributed by atoms with van der Waals surface area (Å²) in [4.78, 5) is 13.8.